The molecule has 30 heavy (non-hydrogen) atoms. The fourth-order valence-corrected chi connectivity index (χ4v) is 5.19. The molecular formula is C23H21FN2O2S2. The van der Waals surface area contributed by atoms with Crippen molar-refractivity contribution in [3.63, 3.8) is 0 Å². The van der Waals surface area contributed by atoms with Crippen LogP contribution in [-0.2, 0) is 5.75 Å². The number of amides is 2. The number of hydrogen-bond acceptors (Lipinski definition) is 4. The average Bonchev–Trinajstić information content (AvgIpc) is 3.31. The van der Waals surface area contributed by atoms with E-state index in [9.17, 15) is 14.0 Å². The van der Waals surface area contributed by atoms with Crippen LogP contribution >= 0.6 is 23.1 Å². The Kier molecular flexibility index (Phi) is 6.50. The van der Waals surface area contributed by atoms with Crippen molar-refractivity contribution in [1.82, 2.24) is 9.80 Å². The van der Waals surface area contributed by atoms with E-state index in [4.69, 9.17) is 0 Å². The molecule has 1 aromatic heterocycles. The fraction of sp³-hybridized carbons (Fsp3) is 0.217. The Morgan fingerprint density at radius 3 is 2.20 bits per heavy atom. The SMILES string of the molecule is O=C(c1ccc(F)cc1)N1CCN(C(=O)c2ccccc2SCc2cccs2)CC1. The quantitative estimate of drug-likeness (QED) is 0.536. The van der Waals surface area contributed by atoms with Gasteiger partial charge < -0.3 is 9.80 Å². The summed E-state index contributed by atoms with van der Waals surface area (Å²) in [6.07, 6.45) is 0. The largest absolute Gasteiger partial charge is 0.335 e. The van der Waals surface area contributed by atoms with Gasteiger partial charge in [-0.25, -0.2) is 4.39 Å². The van der Waals surface area contributed by atoms with Gasteiger partial charge in [0.15, 0.2) is 0 Å². The van der Waals surface area contributed by atoms with Crippen LogP contribution in [0.3, 0.4) is 0 Å². The molecule has 2 heterocycles. The second kappa shape index (κ2) is 9.45. The number of piperazine rings is 1. The summed E-state index contributed by atoms with van der Waals surface area (Å²) >= 11 is 3.38. The zero-order chi connectivity index (χ0) is 20.9. The topological polar surface area (TPSA) is 40.6 Å². The van der Waals surface area contributed by atoms with E-state index in [0.29, 0.717) is 37.3 Å². The fourth-order valence-electron chi connectivity index (χ4n) is 3.37. The van der Waals surface area contributed by atoms with Crippen molar-refractivity contribution in [2.45, 2.75) is 10.6 Å². The minimum Gasteiger partial charge on any atom is -0.335 e. The first-order valence-corrected chi connectivity index (χ1v) is 11.6. The van der Waals surface area contributed by atoms with Crippen molar-refractivity contribution >= 4 is 34.9 Å². The summed E-state index contributed by atoms with van der Waals surface area (Å²) in [6.45, 7) is 1.89. The van der Waals surface area contributed by atoms with Crippen molar-refractivity contribution in [2.24, 2.45) is 0 Å². The Bertz CT molecular complexity index is 1010. The predicted molar refractivity (Wildman–Crippen MR) is 119 cm³/mol. The van der Waals surface area contributed by atoms with Crippen LogP contribution in [0.25, 0.3) is 0 Å². The molecule has 2 amide bonds. The Morgan fingerprint density at radius 1 is 0.867 bits per heavy atom. The van der Waals surface area contributed by atoms with E-state index in [1.165, 1.54) is 29.1 Å². The first kappa shape index (κ1) is 20.6. The third-order valence-electron chi connectivity index (χ3n) is 5.01. The van der Waals surface area contributed by atoms with E-state index < -0.39 is 0 Å². The predicted octanol–water partition coefficient (Wildman–Crippen LogP) is 4.78. The summed E-state index contributed by atoms with van der Waals surface area (Å²) in [5, 5.41) is 2.06. The van der Waals surface area contributed by atoms with Crippen molar-refractivity contribution in [2.75, 3.05) is 26.2 Å². The maximum atomic E-state index is 13.1. The monoisotopic (exact) mass is 440 g/mol. The average molecular weight is 441 g/mol. The molecule has 0 aliphatic carbocycles. The highest BCUT2D eigenvalue weighted by atomic mass is 32.2. The molecular weight excluding hydrogens is 419 g/mol. The molecule has 0 unspecified atom stereocenters. The lowest BCUT2D eigenvalue weighted by molar-refractivity contribution is 0.0533. The Labute approximate surface area is 183 Å². The van der Waals surface area contributed by atoms with E-state index in [-0.39, 0.29) is 17.6 Å². The molecule has 4 nitrogen and oxygen atoms in total. The third-order valence-corrected chi connectivity index (χ3v) is 7.19. The van der Waals surface area contributed by atoms with Gasteiger partial charge in [0.05, 0.1) is 5.56 Å². The number of halogens is 1. The lowest BCUT2D eigenvalue weighted by atomic mass is 10.1. The third kappa shape index (κ3) is 4.74. The second-order valence-corrected chi connectivity index (χ2v) is 9.00. The van der Waals surface area contributed by atoms with Gasteiger partial charge in [0.1, 0.15) is 5.82 Å². The van der Waals surface area contributed by atoms with Crippen molar-refractivity contribution in [3.05, 3.63) is 87.9 Å². The first-order valence-electron chi connectivity index (χ1n) is 9.70. The lowest BCUT2D eigenvalue weighted by Gasteiger charge is -2.35. The number of hydrogen-bond donors (Lipinski definition) is 0. The van der Waals surface area contributed by atoms with E-state index >= 15 is 0 Å². The van der Waals surface area contributed by atoms with E-state index in [0.717, 1.165) is 10.6 Å². The summed E-state index contributed by atoms with van der Waals surface area (Å²) in [5.74, 6) is 0.340. The van der Waals surface area contributed by atoms with Crippen LogP contribution < -0.4 is 0 Å². The lowest BCUT2D eigenvalue weighted by Crippen LogP contribution is -2.50. The number of thiophene rings is 1. The molecule has 1 fully saturated rings. The van der Waals surface area contributed by atoms with Crippen molar-refractivity contribution in [3.8, 4) is 0 Å². The molecule has 1 aliphatic rings. The van der Waals surface area contributed by atoms with Gasteiger partial charge in [-0.2, -0.15) is 0 Å². The minimum atomic E-state index is -0.363. The molecule has 1 aliphatic heterocycles. The molecule has 0 saturated carbocycles. The van der Waals surface area contributed by atoms with Crippen molar-refractivity contribution in [1.29, 1.82) is 0 Å². The van der Waals surface area contributed by atoms with Gasteiger partial charge in [0, 0.05) is 47.3 Å². The Balaban J connectivity index is 1.38. The number of nitrogens with zero attached hydrogens (tertiary/aromatic N) is 2. The number of rotatable bonds is 5. The van der Waals surface area contributed by atoms with Crippen LogP contribution in [0.1, 0.15) is 25.6 Å². The zero-order valence-corrected chi connectivity index (χ0v) is 17.9. The smallest absolute Gasteiger partial charge is 0.255 e. The van der Waals surface area contributed by atoms with Gasteiger partial charge in [-0.3, -0.25) is 9.59 Å². The summed E-state index contributed by atoms with van der Waals surface area (Å²) < 4.78 is 13.1. The molecule has 7 heteroatoms. The molecule has 2 aromatic carbocycles. The molecule has 0 radical (unpaired) electrons. The van der Waals surface area contributed by atoms with Gasteiger partial charge in [-0.05, 0) is 47.8 Å². The number of benzene rings is 2. The molecule has 0 atom stereocenters. The van der Waals surface area contributed by atoms with Crippen LogP contribution in [0.5, 0.6) is 0 Å². The van der Waals surface area contributed by atoms with Gasteiger partial charge in [0.25, 0.3) is 11.8 Å². The van der Waals surface area contributed by atoms with Crippen LogP contribution in [0.2, 0.25) is 0 Å². The molecule has 0 spiro atoms. The summed E-state index contributed by atoms with van der Waals surface area (Å²) in [5.41, 5.74) is 1.17. The van der Waals surface area contributed by atoms with Gasteiger partial charge in [-0.15, -0.1) is 23.1 Å². The standard InChI is InChI=1S/C23H21FN2O2S2/c24-18-9-7-17(8-10-18)22(27)25-11-13-26(14-12-25)23(28)20-5-1-2-6-21(20)30-16-19-4-3-15-29-19/h1-10,15H,11-14,16H2. The molecule has 3 aromatic rings. The minimum absolute atomic E-state index is 0.00170. The zero-order valence-electron chi connectivity index (χ0n) is 16.3. The van der Waals surface area contributed by atoms with E-state index in [2.05, 4.69) is 11.4 Å². The number of carbonyl (C=O) groups excluding carboxylic acids is 2. The van der Waals surface area contributed by atoms with Crippen LogP contribution in [0, 0.1) is 5.82 Å². The number of thioether (sulfide) groups is 1. The molecule has 1 saturated heterocycles. The normalized spacial score (nSPS) is 14.0. The summed E-state index contributed by atoms with van der Waals surface area (Å²) in [4.78, 5) is 31.5. The van der Waals surface area contributed by atoms with Crippen LogP contribution in [0.4, 0.5) is 4.39 Å². The molecule has 0 bridgehead atoms. The Hall–Kier alpha value is -2.64. The van der Waals surface area contributed by atoms with E-state index in [1.807, 2.05) is 30.3 Å². The molecule has 154 valence electrons. The summed E-state index contributed by atoms with van der Waals surface area (Å²) in [6, 6.07) is 17.4. The van der Waals surface area contributed by atoms with Gasteiger partial charge in [-0.1, -0.05) is 18.2 Å². The van der Waals surface area contributed by atoms with Gasteiger partial charge >= 0.3 is 0 Å². The molecule has 0 N–H and O–H groups in total. The molecule has 4 rings (SSSR count). The maximum absolute atomic E-state index is 13.1. The van der Waals surface area contributed by atoms with Crippen LogP contribution in [0.15, 0.2) is 70.9 Å². The van der Waals surface area contributed by atoms with E-state index in [1.54, 1.807) is 32.9 Å². The van der Waals surface area contributed by atoms with Crippen molar-refractivity contribution < 1.29 is 14.0 Å². The Morgan fingerprint density at radius 2 is 1.53 bits per heavy atom. The second-order valence-electron chi connectivity index (χ2n) is 6.96. The highest BCUT2D eigenvalue weighted by molar-refractivity contribution is 7.98. The highest BCUT2D eigenvalue weighted by Gasteiger charge is 2.26. The number of carbonyl (C=O) groups is 2. The van der Waals surface area contributed by atoms with Crippen LogP contribution in [-0.4, -0.2) is 47.8 Å². The van der Waals surface area contributed by atoms with Gasteiger partial charge in [0.2, 0.25) is 0 Å². The highest BCUT2D eigenvalue weighted by Crippen LogP contribution is 2.29. The first-order chi connectivity index (χ1) is 14.6. The maximum Gasteiger partial charge on any atom is 0.255 e. The summed E-state index contributed by atoms with van der Waals surface area (Å²) in [7, 11) is 0.